The number of carbonyl (C=O) groups is 3. The van der Waals surface area contributed by atoms with Gasteiger partial charge in [0.2, 0.25) is 20.2 Å². The number of hydrogen-bond donors (Lipinski definition) is 4. The van der Waals surface area contributed by atoms with E-state index >= 15 is 4.11 Å². The summed E-state index contributed by atoms with van der Waals surface area (Å²) < 4.78 is 22.7. The van der Waals surface area contributed by atoms with Crippen LogP contribution in [0.1, 0.15) is 42.9 Å². The van der Waals surface area contributed by atoms with Crippen LogP contribution < -0.4 is 16.0 Å². The molecule has 4 aliphatic rings. The van der Waals surface area contributed by atoms with E-state index in [9.17, 15) is 19.5 Å². The van der Waals surface area contributed by atoms with Gasteiger partial charge in [-0.3, -0.25) is 14.4 Å². The van der Waals surface area contributed by atoms with Crippen LogP contribution in [-0.4, -0.2) is 68.0 Å². The van der Waals surface area contributed by atoms with Gasteiger partial charge >= 0.3 is 0 Å². The van der Waals surface area contributed by atoms with Gasteiger partial charge in [0.1, 0.15) is 0 Å². The van der Waals surface area contributed by atoms with Crippen LogP contribution in [0.15, 0.2) is 42.5 Å². The normalized spacial score (nSPS) is 30.1. The zero-order valence-corrected chi connectivity index (χ0v) is 26.0. The number of nitrogens with zero attached hydrogens (tertiary/aromatic N) is 1. The lowest BCUT2D eigenvalue weighted by Crippen LogP contribution is -2.48. The van der Waals surface area contributed by atoms with Crippen molar-refractivity contribution in [3.63, 3.8) is 0 Å². The molecule has 6 atom stereocenters. The molecule has 0 aliphatic carbocycles. The van der Waals surface area contributed by atoms with E-state index in [-0.39, 0.29) is 42.7 Å². The molecule has 0 aromatic heterocycles. The van der Waals surface area contributed by atoms with Crippen LogP contribution in [0, 0.1) is 11.8 Å². The van der Waals surface area contributed by atoms with Crippen LogP contribution in [0.25, 0.3) is 0 Å². The molecule has 2 aromatic carbocycles. The fraction of sp³-hybridized carbons (Fsp3) is 0.531. The second kappa shape index (κ2) is 11.4. The number of halogens is 1. The highest BCUT2D eigenvalue weighted by Gasteiger charge is 2.65. The summed E-state index contributed by atoms with van der Waals surface area (Å²) in [6.07, 6.45) is 1.36. The third-order valence-electron chi connectivity index (χ3n) is 9.91. The molecule has 2 aromatic rings. The van der Waals surface area contributed by atoms with Crippen molar-refractivity contribution in [1.29, 1.82) is 0 Å². The lowest BCUT2D eigenvalue weighted by atomic mass is 9.82. The molecule has 1 unspecified atom stereocenters. The Hall–Kier alpha value is -3.12. The summed E-state index contributed by atoms with van der Waals surface area (Å²) in [6.45, 7) is 6.74. The van der Waals surface area contributed by atoms with Crippen molar-refractivity contribution in [2.45, 2.75) is 75.5 Å². The number of hydrogen-bond acceptors (Lipinski definition) is 6. The first kappa shape index (κ1) is 29.9. The number of benzene rings is 2. The Bertz CT molecular complexity index is 1430. The molecule has 43 heavy (non-hydrogen) atoms. The maximum Gasteiger partial charge on any atom is 0.261 e. The number of amides is 3. The average molecular weight is 609 g/mol. The maximum absolute atomic E-state index is 16.1. The average Bonchev–Trinajstić information content (AvgIpc) is 3.44. The summed E-state index contributed by atoms with van der Waals surface area (Å²) in [5.41, 5.74) is 1.67. The maximum atomic E-state index is 16.1. The highest BCUT2D eigenvalue weighted by Crippen LogP contribution is 2.59. The standard InChI is InChI=1S/C32H41FN4O5Si/c1-19-29(43(2,3)33)27(15-28(39)37-17-22-8-5-4-7-20(22)13-24(37)18-38)42-32(19)25-14-23(10-11-26(25)36-31(32)41)35-30(40)21-9-6-12-34-16-21/h4-5,7-8,10-11,14,19,21,24,27,29,34,38H,6,9,12-13,15-18H2,1-3H3,(H,35,40)(H,36,41)/t19-,21?,24+,27+,29-,32+/m1/s1. The fourth-order valence-corrected chi connectivity index (χ4v) is 10.3. The lowest BCUT2D eigenvalue weighted by Gasteiger charge is -2.37. The van der Waals surface area contributed by atoms with E-state index in [1.165, 1.54) is 0 Å². The van der Waals surface area contributed by atoms with Gasteiger partial charge in [-0.1, -0.05) is 31.2 Å². The van der Waals surface area contributed by atoms with E-state index in [1.807, 2.05) is 31.2 Å². The number of carbonyl (C=O) groups excluding carboxylic acids is 3. The van der Waals surface area contributed by atoms with Crippen molar-refractivity contribution in [3.05, 3.63) is 59.2 Å². The molecule has 0 radical (unpaired) electrons. The monoisotopic (exact) mass is 608 g/mol. The molecule has 4 N–H and O–H groups in total. The van der Waals surface area contributed by atoms with Crippen LogP contribution in [0.5, 0.6) is 0 Å². The van der Waals surface area contributed by atoms with Crippen LogP contribution in [0.3, 0.4) is 0 Å². The van der Waals surface area contributed by atoms with E-state index in [1.54, 1.807) is 36.2 Å². The minimum absolute atomic E-state index is 0.0842. The van der Waals surface area contributed by atoms with Crippen LogP contribution in [-0.2, 0) is 37.7 Å². The summed E-state index contributed by atoms with van der Waals surface area (Å²) in [5.74, 6) is -1.39. The molecule has 1 spiro atoms. The topological polar surface area (TPSA) is 120 Å². The van der Waals surface area contributed by atoms with Gasteiger partial charge in [-0.25, -0.2) is 0 Å². The third kappa shape index (κ3) is 5.30. The molecule has 9 nitrogen and oxygen atoms in total. The second-order valence-corrected chi connectivity index (χ2v) is 16.8. The lowest BCUT2D eigenvalue weighted by molar-refractivity contribution is -0.149. The Morgan fingerprint density at radius 1 is 1.21 bits per heavy atom. The quantitative estimate of drug-likeness (QED) is 0.294. The summed E-state index contributed by atoms with van der Waals surface area (Å²) in [7, 11) is -3.46. The SMILES string of the molecule is C[C@@H]1[C@@H]([Si](C)(C)F)[C@H](CC(=O)N2Cc3ccccc3C[C@H]2CO)O[C@@]12C(=O)Nc1ccc(NC(=O)C3CCCNC3)cc12. The smallest absolute Gasteiger partial charge is 0.261 e. The Morgan fingerprint density at radius 2 is 1.98 bits per heavy atom. The van der Waals surface area contributed by atoms with Crippen LogP contribution in [0.2, 0.25) is 18.6 Å². The molecule has 0 saturated carbocycles. The Morgan fingerprint density at radius 3 is 2.67 bits per heavy atom. The van der Waals surface area contributed by atoms with Gasteiger partial charge in [-0.05, 0) is 68.2 Å². The largest absolute Gasteiger partial charge is 0.394 e. The number of aliphatic hydroxyl groups excluding tert-OH is 1. The highest BCUT2D eigenvalue weighted by molar-refractivity contribution is 6.72. The first-order valence-corrected chi connectivity index (χ1v) is 18.3. The predicted octanol–water partition coefficient (Wildman–Crippen LogP) is 3.69. The molecule has 2 fully saturated rings. The number of piperidine rings is 1. The molecule has 4 aliphatic heterocycles. The van der Waals surface area contributed by atoms with Gasteiger partial charge in [0.15, 0.2) is 5.60 Å². The zero-order valence-electron chi connectivity index (χ0n) is 25.0. The summed E-state index contributed by atoms with van der Waals surface area (Å²) in [4.78, 5) is 42.2. The first-order valence-electron chi connectivity index (χ1n) is 15.3. The van der Waals surface area contributed by atoms with Crippen molar-refractivity contribution in [3.8, 4) is 0 Å². The summed E-state index contributed by atoms with van der Waals surface area (Å²) in [6, 6.07) is 12.7. The van der Waals surface area contributed by atoms with Gasteiger partial charge in [-0.15, -0.1) is 0 Å². The molecular weight excluding hydrogens is 567 g/mol. The van der Waals surface area contributed by atoms with Crippen molar-refractivity contribution in [2.75, 3.05) is 30.3 Å². The Labute approximate surface area is 252 Å². The van der Waals surface area contributed by atoms with Gasteiger partial charge in [0, 0.05) is 41.5 Å². The second-order valence-electron chi connectivity index (χ2n) is 13.1. The number of ether oxygens (including phenoxy) is 1. The summed E-state index contributed by atoms with van der Waals surface area (Å²) in [5, 5.41) is 19.3. The molecule has 230 valence electrons. The first-order chi connectivity index (χ1) is 20.5. The van der Waals surface area contributed by atoms with Crippen LogP contribution >= 0.6 is 0 Å². The van der Waals surface area contributed by atoms with Gasteiger partial charge < -0.3 is 34.8 Å². The van der Waals surface area contributed by atoms with Gasteiger partial charge in [0.25, 0.3) is 5.91 Å². The Kier molecular flexibility index (Phi) is 7.95. The molecule has 0 bridgehead atoms. The fourth-order valence-electron chi connectivity index (χ4n) is 7.80. The highest BCUT2D eigenvalue weighted by atomic mass is 28.4. The van der Waals surface area contributed by atoms with Crippen molar-refractivity contribution < 1.29 is 28.3 Å². The van der Waals surface area contributed by atoms with E-state index in [4.69, 9.17) is 4.74 Å². The molecule has 4 heterocycles. The number of fused-ring (bicyclic) bond motifs is 3. The number of rotatable bonds is 6. The minimum Gasteiger partial charge on any atom is -0.394 e. The predicted molar refractivity (Wildman–Crippen MR) is 164 cm³/mol. The molecule has 6 rings (SSSR count). The van der Waals surface area contributed by atoms with E-state index < -0.39 is 31.6 Å². The molecule has 2 saturated heterocycles. The Balaban J connectivity index is 1.28. The van der Waals surface area contributed by atoms with E-state index in [2.05, 4.69) is 16.0 Å². The molecule has 3 amide bonds. The van der Waals surface area contributed by atoms with E-state index in [0.717, 1.165) is 30.5 Å². The van der Waals surface area contributed by atoms with Crippen molar-refractivity contribution in [1.82, 2.24) is 10.2 Å². The third-order valence-corrected chi connectivity index (χ3v) is 12.4. The van der Waals surface area contributed by atoms with E-state index in [0.29, 0.717) is 36.4 Å². The van der Waals surface area contributed by atoms with Gasteiger partial charge in [0.05, 0.1) is 31.1 Å². The minimum atomic E-state index is -3.46. The summed E-state index contributed by atoms with van der Waals surface area (Å²) >= 11 is 0. The van der Waals surface area contributed by atoms with Gasteiger partial charge in [-0.2, -0.15) is 0 Å². The number of aliphatic hydroxyl groups is 1. The van der Waals surface area contributed by atoms with Crippen molar-refractivity contribution >= 4 is 37.5 Å². The van der Waals surface area contributed by atoms with Crippen molar-refractivity contribution in [2.24, 2.45) is 11.8 Å². The number of anilines is 2. The van der Waals surface area contributed by atoms with Crippen LogP contribution in [0.4, 0.5) is 15.5 Å². The zero-order chi connectivity index (χ0) is 30.5. The molecule has 11 heteroatoms. The molecular formula is C32H41FN4O5Si. The number of nitrogens with one attached hydrogen (secondary N) is 3.